The van der Waals surface area contributed by atoms with Crippen LogP contribution in [0.15, 0.2) is 23.1 Å². The van der Waals surface area contributed by atoms with Gasteiger partial charge in [-0.25, -0.2) is 22.3 Å². The lowest BCUT2D eigenvalue weighted by Crippen LogP contribution is -2.44. The second kappa shape index (κ2) is 5.78. The van der Waals surface area contributed by atoms with Crippen LogP contribution in [0.2, 0.25) is 10.0 Å². The van der Waals surface area contributed by atoms with Gasteiger partial charge in [0.25, 0.3) is 10.0 Å². The van der Waals surface area contributed by atoms with E-state index >= 15 is 0 Å². The van der Waals surface area contributed by atoms with E-state index in [0.29, 0.717) is 6.42 Å². The Hall–Kier alpha value is -0.380. The summed E-state index contributed by atoms with van der Waals surface area (Å²) in [5.41, 5.74) is 2.52. The van der Waals surface area contributed by atoms with Gasteiger partial charge >= 0.3 is 0 Å². The molecule has 20 heavy (non-hydrogen) atoms. The molecule has 1 heterocycles. The highest BCUT2D eigenvalue weighted by atomic mass is 35.5. The van der Waals surface area contributed by atoms with Crippen LogP contribution in [0, 0.1) is 0 Å². The molecule has 1 aliphatic heterocycles. The Morgan fingerprint density at radius 1 is 1.20 bits per heavy atom. The average molecular weight is 359 g/mol. The molecule has 1 aliphatic rings. The van der Waals surface area contributed by atoms with E-state index in [1.165, 1.54) is 18.2 Å². The fourth-order valence-electron chi connectivity index (χ4n) is 1.77. The molecule has 6 nitrogen and oxygen atoms in total. The molecule has 0 spiro atoms. The fourth-order valence-corrected chi connectivity index (χ4v) is 4.77. The van der Waals surface area contributed by atoms with Crippen LogP contribution in [-0.2, 0) is 19.9 Å². The molecule has 0 saturated carbocycles. The lowest BCUT2D eigenvalue weighted by molar-refractivity contribution is 0.506. The Morgan fingerprint density at radius 3 is 2.45 bits per heavy atom. The van der Waals surface area contributed by atoms with Gasteiger partial charge in [0.05, 0.1) is 26.4 Å². The quantitative estimate of drug-likeness (QED) is 0.782. The van der Waals surface area contributed by atoms with Gasteiger partial charge in [0.15, 0.2) is 9.84 Å². The summed E-state index contributed by atoms with van der Waals surface area (Å²) < 4.78 is 46.5. The van der Waals surface area contributed by atoms with Crippen molar-refractivity contribution >= 4 is 43.1 Å². The molecule has 10 heteroatoms. The SMILES string of the molecule is O=S1(=O)CC[C@H](NNS(=O)(=O)c2ccc(Cl)c(Cl)c2)C1. The number of hydrogen-bond acceptors (Lipinski definition) is 5. The Labute approximate surface area is 127 Å². The Balaban J connectivity index is 2.06. The van der Waals surface area contributed by atoms with Crippen molar-refractivity contribution in [1.29, 1.82) is 0 Å². The van der Waals surface area contributed by atoms with Crippen molar-refractivity contribution in [2.45, 2.75) is 17.4 Å². The van der Waals surface area contributed by atoms with Crippen LogP contribution in [0.5, 0.6) is 0 Å². The zero-order valence-corrected chi connectivity index (χ0v) is 13.3. The molecule has 0 aromatic heterocycles. The van der Waals surface area contributed by atoms with Gasteiger partial charge in [-0.3, -0.25) is 0 Å². The Kier molecular flexibility index (Phi) is 4.63. The van der Waals surface area contributed by atoms with E-state index in [1.807, 2.05) is 0 Å². The highest BCUT2D eigenvalue weighted by Crippen LogP contribution is 2.24. The van der Waals surface area contributed by atoms with Gasteiger partial charge in [-0.05, 0) is 24.6 Å². The van der Waals surface area contributed by atoms with Crippen molar-refractivity contribution in [3.8, 4) is 0 Å². The molecule has 0 amide bonds. The minimum Gasteiger partial charge on any atom is -0.240 e. The van der Waals surface area contributed by atoms with E-state index < -0.39 is 25.9 Å². The predicted molar refractivity (Wildman–Crippen MR) is 77.0 cm³/mol. The largest absolute Gasteiger partial charge is 0.253 e. The molecule has 2 N–H and O–H groups in total. The summed E-state index contributed by atoms with van der Waals surface area (Å²) in [6, 6.07) is 3.47. The number of benzene rings is 1. The lowest BCUT2D eigenvalue weighted by Gasteiger charge is -2.12. The summed E-state index contributed by atoms with van der Waals surface area (Å²) in [5, 5.41) is 0.374. The topological polar surface area (TPSA) is 92.3 Å². The monoisotopic (exact) mass is 358 g/mol. The number of halogens is 2. The molecule has 0 bridgehead atoms. The van der Waals surface area contributed by atoms with Crippen LogP contribution in [0.4, 0.5) is 0 Å². The van der Waals surface area contributed by atoms with Gasteiger partial charge in [-0.15, -0.1) is 4.83 Å². The molecule has 112 valence electrons. The van der Waals surface area contributed by atoms with Crippen LogP contribution >= 0.6 is 23.2 Å². The maximum Gasteiger partial charge on any atom is 0.253 e. The molecule has 1 saturated heterocycles. The third kappa shape index (κ3) is 3.84. The number of sulfone groups is 1. The van der Waals surface area contributed by atoms with Crippen LogP contribution in [0.3, 0.4) is 0 Å². The van der Waals surface area contributed by atoms with Crippen molar-refractivity contribution < 1.29 is 16.8 Å². The minimum atomic E-state index is -3.82. The maximum atomic E-state index is 12.0. The van der Waals surface area contributed by atoms with Crippen molar-refractivity contribution in [3.63, 3.8) is 0 Å². The Morgan fingerprint density at radius 2 is 1.90 bits per heavy atom. The molecule has 1 aromatic carbocycles. The van der Waals surface area contributed by atoms with Crippen LogP contribution in [-0.4, -0.2) is 34.4 Å². The lowest BCUT2D eigenvalue weighted by atomic mass is 10.3. The summed E-state index contributed by atoms with van der Waals surface area (Å²) in [5.74, 6) is -0.0317. The first-order valence-electron chi connectivity index (χ1n) is 5.62. The zero-order valence-electron chi connectivity index (χ0n) is 10.1. The van der Waals surface area contributed by atoms with Gasteiger partial charge in [0.2, 0.25) is 0 Å². The molecule has 1 aromatic rings. The van der Waals surface area contributed by atoms with Crippen LogP contribution < -0.4 is 10.3 Å². The number of hydrazine groups is 1. The molecule has 0 aliphatic carbocycles. The number of rotatable bonds is 4. The second-order valence-electron chi connectivity index (χ2n) is 4.43. The van der Waals surface area contributed by atoms with E-state index in [-0.39, 0.29) is 26.4 Å². The van der Waals surface area contributed by atoms with Crippen molar-refractivity contribution in [2.24, 2.45) is 0 Å². The first kappa shape index (κ1) is 16.0. The second-order valence-corrected chi connectivity index (χ2v) is 9.15. The highest BCUT2D eigenvalue weighted by Gasteiger charge is 2.28. The maximum absolute atomic E-state index is 12.0. The molecule has 1 fully saturated rings. The van der Waals surface area contributed by atoms with Gasteiger partial charge in [-0.2, -0.15) is 0 Å². The standard InChI is InChI=1S/C10H12Cl2N2O4S2/c11-9-2-1-8(5-10(9)12)20(17,18)14-13-7-3-4-19(15,16)6-7/h1-2,5,7,13-14H,3-4,6H2/t7-/m0/s1. The summed E-state index contributed by atoms with van der Waals surface area (Å²) >= 11 is 11.5. The zero-order chi connectivity index (χ0) is 15.0. The number of hydrogen-bond donors (Lipinski definition) is 2. The van der Waals surface area contributed by atoms with E-state index in [2.05, 4.69) is 10.3 Å². The predicted octanol–water partition coefficient (Wildman–Crippen LogP) is 0.963. The van der Waals surface area contributed by atoms with E-state index in [4.69, 9.17) is 23.2 Å². The molecular formula is C10H12Cl2N2O4S2. The molecule has 0 unspecified atom stereocenters. The summed E-state index contributed by atoms with van der Waals surface area (Å²) in [6.07, 6.45) is 0.367. The average Bonchev–Trinajstić information content (AvgIpc) is 2.70. The van der Waals surface area contributed by atoms with Gasteiger partial charge in [0, 0.05) is 6.04 Å². The first-order valence-corrected chi connectivity index (χ1v) is 9.68. The third-order valence-corrected chi connectivity index (χ3v) is 6.60. The summed E-state index contributed by atoms with van der Waals surface area (Å²) in [7, 11) is -6.90. The third-order valence-electron chi connectivity index (χ3n) is 2.83. The first-order chi connectivity index (χ1) is 9.20. The summed E-state index contributed by atoms with van der Waals surface area (Å²) in [6.45, 7) is 0. The normalized spacial score (nSPS) is 22.0. The van der Waals surface area contributed by atoms with Gasteiger partial charge in [-0.1, -0.05) is 23.2 Å². The number of sulfonamides is 1. The summed E-state index contributed by atoms with van der Waals surface area (Å²) in [4.78, 5) is 2.10. The molecule has 0 radical (unpaired) electrons. The van der Waals surface area contributed by atoms with Gasteiger partial charge < -0.3 is 0 Å². The van der Waals surface area contributed by atoms with Crippen LogP contribution in [0.25, 0.3) is 0 Å². The van der Waals surface area contributed by atoms with E-state index in [1.54, 1.807) is 0 Å². The molecule has 2 rings (SSSR count). The fraction of sp³-hybridized carbons (Fsp3) is 0.400. The number of nitrogens with one attached hydrogen (secondary N) is 2. The smallest absolute Gasteiger partial charge is 0.240 e. The van der Waals surface area contributed by atoms with E-state index in [0.717, 1.165) is 0 Å². The molecule has 1 atom stereocenters. The van der Waals surface area contributed by atoms with Gasteiger partial charge in [0.1, 0.15) is 0 Å². The minimum absolute atomic E-state index is 0.0547. The highest BCUT2D eigenvalue weighted by molar-refractivity contribution is 7.91. The molecular weight excluding hydrogens is 347 g/mol. The van der Waals surface area contributed by atoms with Crippen molar-refractivity contribution in [3.05, 3.63) is 28.2 Å². The van der Waals surface area contributed by atoms with E-state index in [9.17, 15) is 16.8 Å². The van der Waals surface area contributed by atoms with Crippen molar-refractivity contribution in [2.75, 3.05) is 11.5 Å². The Bertz CT molecular complexity index is 719. The van der Waals surface area contributed by atoms with Crippen molar-refractivity contribution in [1.82, 2.24) is 10.3 Å². The van der Waals surface area contributed by atoms with Crippen LogP contribution in [0.1, 0.15) is 6.42 Å².